The number of aromatic nitrogens is 3. The van der Waals surface area contributed by atoms with Crippen molar-refractivity contribution < 1.29 is 9.63 Å². The van der Waals surface area contributed by atoms with Gasteiger partial charge in [-0.3, -0.25) is 0 Å². The molecule has 1 atom stereocenters. The van der Waals surface area contributed by atoms with Crippen LogP contribution in [0.5, 0.6) is 0 Å². The summed E-state index contributed by atoms with van der Waals surface area (Å²) in [7, 11) is 1.88. The molecule has 1 N–H and O–H groups in total. The minimum atomic E-state index is -0.415. The van der Waals surface area contributed by atoms with Crippen molar-refractivity contribution in [2.45, 2.75) is 32.8 Å². The third-order valence-corrected chi connectivity index (χ3v) is 2.88. The van der Waals surface area contributed by atoms with Crippen LogP contribution in [0.2, 0.25) is 0 Å². The molecule has 0 aliphatic carbocycles. The van der Waals surface area contributed by atoms with Gasteiger partial charge in [0.15, 0.2) is 5.82 Å². The Bertz CT molecular complexity index is 566. The highest BCUT2D eigenvalue weighted by atomic mass is 16.5. The largest absolute Gasteiger partial charge is 0.392 e. The molecule has 0 fully saturated rings. The topological polar surface area (TPSA) is 75.3 Å². The van der Waals surface area contributed by atoms with Gasteiger partial charge in [0.05, 0.1) is 6.10 Å². The molecule has 2 aromatic heterocycles. The van der Waals surface area contributed by atoms with Crippen molar-refractivity contribution in [3.8, 4) is 11.5 Å². The minimum Gasteiger partial charge on any atom is -0.392 e. The minimum absolute atomic E-state index is 0.228. The summed E-state index contributed by atoms with van der Waals surface area (Å²) in [6, 6.07) is 3.71. The first-order chi connectivity index (χ1) is 9.47. The summed E-state index contributed by atoms with van der Waals surface area (Å²) in [6.07, 6.45) is 1.28. The number of hydrogen-bond acceptors (Lipinski definition) is 6. The SMILES string of the molecule is CC(C)c1noc(-c2ccnc(N(C)C[C@@H](C)O)c2)n1. The number of pyridine rings is 1. The lowest BCUT2D eigenvalue weighted by atomic mass is 10.2. The van der Waals surface area contributed by atoms with E-state index in [4.69, 9.17) is 4.52 Å². The fourth-order valence-corrected chi connectivity index (χ4v) is 1.84. The van der Waals surface area contributed by atoms with Crippen LogP contribution in [0.1, 0.15) is 32.5 Å². The predicted octanol–water partition coefficient (Wildman–Crippen LogP) is 2.07. The van der Waals surface area contributed by atoms with E-state index in [2.05, 4.69) is 15.1 Å². The number of rotatable bonds is 5. The summed E-state index contributed by atoms with van der Waals surface area (Å²) < 4.78 is 5.27. The lowest BCUT2D eigenvalue weighted by molar-refractivity contribution is 0.201. The van der Waals surface area contributed by atoms with Gasteiger partial charge in [-0.2, -0.15) is 4.98 Å². The van der Waals surface area contributed by atoms with Crippen molar-refractivity contribution in [2.75, 3.05) is 18.5 Å². The van der Waals surface area contributed by atoms with E-state index in [0.717, 1.165) is 11.4 Å². The van der Waals surface area contributed by atoms with Crippen molar-refractivity contribution >= 4 is 5.82 Å². The van der Waals surface area contributed by atoms with Crippen molar-refractivity contribution in [2.24, 2.45) is 0 Å². The van der Waals surface area contributed by atoms with E-state index in [9.17, 15) is 5.11 Å². The molecule has 2 heterocycles. The smallest absolute Gasteiger partial charge is 0.258 e. The summed E-state index contributed by atoms with van der Waals surface area (Å²) in [4.78, 5) is 10.5. The molecule has 0 amide bonds. The van der Waals surface area contributed by atoms with Gasteiger partial charge in [-0.05, 0) is 19.1 Å². The molecule has 0 aliphatic heterocycles. The van der Waals surface area contributed by atoms with Crippen LogP contribution >= 0.6 is 0 Å². The fourth-order valence-electron chi connectivity index (χ4n) is 1.84. The molecule has 20 heavy (non-hydrogen) atoms. The van der Waals surface area contributed by atoms with Crippen LogP contribution < -0.4 is 4.90 Å². The zero-order valence-electron chi connectivity index (χ0n) is 12.2. The third-order valence-electron chi connectivity index (χ3n) is 2.88. The van der Waals surface area contributed by atoms with E-state index in [-0.39, 0.29) is 5.92 Å². The second-order valence-electron chi connectivity index (χ2n) is 5.24. The van der Waals surface area contributed by atoms with Crippen molar-refractivity contribution in [3.05, 3.63) is 24.2 Å². The predicted molar refractivity (Wildman–Crippen MR) is 76.6 cm³/mol. The highest BCUT2D eigenvalue weighted by Crippen LogP contribution is 2.22. The number of aliphatic hydroxyl groups is 1. The van der Waals surface area contributed by atoms with E-state index in [0.29, 0.717) is 18.3 Å². The zero-order chi connectivity index (χ0) is 14.7. The molecule has 0 unspecified atom stereocenters. The van der Waals surface area contributed by atoms with Crippen LogP contribution in [0.4, 0.5) is 5.82 Å². The maximum Gasteiger partial charge on any atom is 0.258 e. The lowest BCUT2D eigenvalue weighted by Gasteiger charge is -2.19. The van der Waals surface area contributed by atoms with Gasteiger partial charge in [-0.1, -0.05) is 19.0 Å². The van der Waals surface area contributed by atoms with E-state index < -0.39 is 6.10 Å². The molecule has 0 aliphatic rings. The van der Waals surface area contributed by atoms with Crippen molar-refractivity contribution in [1.82, 2.24) is 15.1 Å². The Labute approximate surface area is 118 Å². The zero-order valence-corrected chi connectivity index (χ0v) is 12.2. The van der Waals surface area contributed by atoms with E-state index in [1.54, 1.807) is 13.1 Å². The second-order valence-corrected chi connectivity index (χ2v) is 5.24. The van der Waals surface area contributed by atoms with Crippen molar-refractivity contribution in [3.63, 3.8) is 0 Å². The molecule has 6 nitrogen and oxygen atoms in total. The molecule has 0 saturated carbocycles. The Balaban J connectivity index is 2.24. The summed E-state index contributed by atoms with van der Waals surface area (Å²) in [5.41, 5.74) is 0.826. The van der Waals surface area contributed by atoms with Gasteiger partial charge in [-0.15, -0.1) is 0 Å². The van der Waals surface area contributed by atoms with Crippen LogP contribution in [-0.2, 0) is 0 Å². The summed E-state index contributed by atoms with van der Waals surface area (Å²) in [5.74, 6) is 2.16. The number of aliphatic hydroxyl groups excluding tert-OH is 1. The molecule has 2 rings (SSSR count). The van der Waals surface area contributed by atoms with E-state index >= 15 is 0 Å². The van der Waals surface area contributed by atoms with Crippen LogP contribution in [0, 0.1) is 0 Å². The number of hydrogen-bond donors (Lipinski definition) is 1. The Morgan fingerprint density at radius 2 is 2.10 bits per heavy atom. The summed E-state index contributed by atoms with van der Waals surface area (Å²) in [5, 5.41) is 13.4. The lowest BCUT2D eigenvalue weighted by Crippen LogP contribution is -2.27. The second kappa shape index (κ2) is 6.00. The molecular formula is C14H20N4O2. The van der Waals surface area contributed by atoms with Gasteiger partial charge in [0.2, 0.25) is 0 Å². The molecule has 0 aromatic carbocycles. The molecule has 2 aromatic rings. The first-order valence-electron chi connectivity index (χ1n) is 6.66. The maximum absolute atomic E-state index is 9.42. The van der Waals surface area contributed by atoms with Crippen LogP contribution in [-0.4, -0.2) is 39.9 Å². The molecular weight excluding hydrogens is 256 g/mol. The standard InChI is InChI=1S/C14H20N4O2/c1-9(2)13-16-14(20-17-13)11-5-6-15-12(7-11)18(4)8-10(3)19/h5-7,9-10,19H,8H2,1-4H3/t10-/m1/s1. The average Bonchev–Trinajstić information content (AvgIpc) is 2.88. The monoisotopic (exact) mass is 276 g/mol. The number of nitrogens with zero attached hydrogens (tertiary/aromatic N) is 4. The quantitative estimate of drug-likeness (QED) is 0.901. The fraction of sp³-hybridized carbons (Fsp3) is 0.500. The van der Waals surface area contributed by atoms with Crippen molar-refractivity contribution in [1.29, 1.82) is 0 Å². The van der Waals surface area contributed by atoms with Gasteiger partial charge in [0.25, 0.3) is 5.89 Å². The summed E-state index contributed by atoms with van der Waals surface area (Å²) >= 11 is 0. The third kappa shape index (κ3) is 3.33. The molecule has 0 saturated heterocycles. The average molecular weight is 276 g/mol. The first-order valence-corrected chi connectivity index (χ1v) is 6.66. The molecule has 6 heteroatoms. The molecule has 0 bridgehead atoms. The summed E-state index contributed by atoms with van der Waals surface area (Å²) in [6.45, 7) is 6.29. The Kier molecular flexibility index (Phi) is 4.34. The highest BCUT2D eigenvalue weighted by Gasteiger charge is 2.13. The molecule has 108 valence electrons. The Morgan fingerprint density at radius 3 is 2.70 bits per heavy atom. The van der Waals surface area contributed by atoms with Gasteiger partial charge in [-0.25, -0.2) is 4.98 Å². The van der Waals surface area contributed by atoms with Gasteiger partial charge >= 0.3 is 0 Å². The Hall–Kier alpha value is -1.95. The molecule has 0 radical (unpaired) electrons. The van der Waals surface area contributed by atoms with Crippen LogP contribution in [0.25, 0.3) is 11.5 Å². The highest BCUT2D eigenvalue weighted by molar-refractivity contribution is 5.58. The van der Waals surface area contributed by atoms with E-state index in [1.807, 2.05) is 37.9 Å². The van der Waals surface area contributed by atoms with E-state index in [1.165, 1.54) is 0 Å². The number of likely N-dealkylation sites (N-methyl/N-ethyl adjacent to an activating group) is 1. The van der Waals surface area contributed by atoms with Gasteiger partial charge in [0.1, 0.15) is 5.82 Å². The molecule has 0 spiro atoms. The Morgan fingerprint density at radius 1 is 1.35 bits per heavy atom. The van der Waals surface area contributed by atoms with Crippen LogP contribution in [0.3, 0.4) is 0 Å². The van der Waals surface area contributed by atoms with Gasteiger partial charge < -0.3 is 14.5 Å². The normalized spacial score (nSPS) is 12.7. The first kappa shape index (κ1) is 14.5. The van der Waals surface area contributed by atoms with Crippen LogP contribution in [0.15, 0.2) is 22.9 Å². The van der Waals surface area contributed by atoms with Gasteiger partial charge in [0, 0.05) is 31.3 Å². The number of anilines is 1. The maximum atomic E-state index is 9.42.